The molecule has 0 saturated heterocycles. The van der Waals surface area contributed by atoms with Crippen LogP contribution in [-0.4, -0.2) is 27.2 Å². The van der Waals surface area contributed by atoms with Gasteiger partial charge in [0.05, 0.1) is 22.8 Å². The Kier molecular flexibility index (Phi) is 3.99. The van der Waals surface area contributed by atoms with Crippen LogP contribution in [-0.2, 0) is 0 Å². The first-order valence-corrected chi connectivity index (χ1v) is 8.85. The molecule has 0 radical (unpaired) electrons. The van der Waals surface area contributed by atoms with E-state index < -0.39 is 0 Å². The summed E-state index contributed by atoms with van der Waals surface area (Å²) in [5.74, 6) is 0.605. The van der Waals surface area contributed by atoms with Crippen molar-refractivity contribution in [3.05, 3.63) is 48.2 Å². The number of carbonyl (C=O) groups excluding carboxylic acids is 1. The quantitative estimate of drug-likeness (QED) is 0.771. The minimum atomic E-state index is -0.0419. The fraction of sp³-hybridized carbons (Fsp3) is 0.350. The lowest BCUT2D eigenvalue weighted by Gasteiger charge is -2.11. The molecule has 0 aliphatic heterocycles. The largest absolute Gasteiger partial charge is 0.352 e. The summed E-state index contributed by atoms with van der Waals surface area (Å²) in [6.45, 7) is 4.88. The molecular weight excluding hydrogens is 312 g/mol. The Balaban J connectivity index is 1.82. The molecular formula is C20H22N4O. The number of nitrogens with zero attached hydrogens (tertiary/aromatic N) is 3. The molecule has 1 saturated carbocycles. The van der Waals surface area contributed by atoms with Crippen LogP contribution in [0.2, 0.25) is 0 Å². The van der Waals surface area contributed by atoms with Crippen LogP contribution in [0.4, 0.5) is 0 Å². The molecule has 1 N–H and O–H groups in total. The molecule has 128 valence electrons. The first-order chi connectivity index (χ1) is 12.1. The van der Waals surface area contributed by atoms with Crippen molar-refractivity contribution in [2.24, 2.45) is 5.92 Å². The number of aromatic nitrogens is 3. The van der Waals surface area contributed by atoms with E-state index >= 15 is 0 Å². The Morgan fingerprint density at radius 1 is 1.28 bits per heavy atom. The summed E-state index contributed by atoms with van der Waals surface area (Å²) < 4.78 is 1.87. The van der Waals surface area contributed by atoms with E-state index in [1.165, 1.54) is 12.8 Å². The van der Waals surface area contributed by atoms with Gasteiger partial charge in [-0.05, 0) is 38.7 Å². The number of hydrogen-bond acceptors (Lipinski definition) is 3. The van der Waals surface area contributed by atoms with Gasteiger partial charge in [0.2, 0.25) is 0 Å². The van der Waals surface area contributed by atoms with Gasteiger partial charge in [-0.1, -0.05) is 30.3 Å². The predicted octanol–water partition coefficient (Wildman–Crippen LogP) is 3.82. The van der Waals surface area contributed by atoms with E-state index in [1.54, 1.807) is 6.20 Å². The van der Waals surface area contributed by atoms with Crippen molar-refractivity contribution in [2.75, 3.05) is 6.54 Å². The molecule has 0 bridgehead atoms. The SMILES string of the molecule is CC(C)n1ncc2c(C(=O)NCC3CC3)cc(-c3ccccc3)nc21. The van der Waals surface area contributed by atoms with Crippen LogP contribution in [0.1, 0.15) is 43.1 Å². The number of carbonyl (C=O) groups is 1. The van der Waals surface area contributed by atoms with Gasteiger partial charge in [0, 0.05) is 18.2 Å². The molecule has 5 nitrogen and oxygen atoms in total. The van der Waals surface area contributed by atoms with E-state index in [9.17, 15) is 4.79 Å². The number of rotatable bonds is 5. The maximum atomic E-state index is 12.8. The smallest absolute Gasteiger partial charge is 0.252 e. The summed E-state index contributed by atoms with van der Waals surface area (Å²) in [7, 11) is 0. The zero-order chi connectivity index (χ0) is 17.4. The second-order valence-electron chi connectivity index (χ2n) is 6.99. The second-order valence-corrected chi connectivity index (χ2v) is 6.99. The van der Waals surface area contributed by atoms with Crippen LogP contribution in [0.25, 0.3) is 22.3 Å². The standard InChI is InChI=1S/C20H22N4O/c1-13(2)24-19-17(12-22-24)16(20(25)21-11-14-8-9-14)10-18(23-19)15-6-4-3-5-7-15/h3-7,10,12-14H,8-9,11H2,1-2H3,(H,21,25). The first kappa shape index (κ1) is 15.8. The molecule has 1 aliphatic carbocycles. The average molecular weight is 334 g/mol. The monoisotopic (exact) mass is 334 g/mol. The van der Waals surface area contributed by atoms with E-state index in [2.05, 4.69) is 24.3 Å². The van der Waals surface area contributed by atoms with Crippen molar-refractivity contribution in [2.45, 2.75) is 32.7 Å². The van der Waals surface area contributed by atoms with Gasteiger partial charge in [-0.15, -0.1) is 0 Å². The van der Waals surface area contributed by atoms with Gasteiger partial charge in [-0.2, -0.15) is 5.10 Å². The Morgan fingerprint density at radius 3 is 2.72 bits per heavy atom. The van der Waals surface area contributed by atoms with Crippen molar-refractivity contribution in [1.29, 1.82) is 0 Å². The molecule has 25 heavy (non-hydrogen) atoms. The van der Waals surface area contributed by atoms with E-state index in [0.29, 0.717) is 11.5 Å². The third-order valence-corrected chi connectivity index (χ3v) is 4.62. The van der Waals surface area contributed by atoms with Gasteiger partial charge in [0.15, 0.2) is 5.65 Å². The molecule has 5 heteroatoms. The lowest BCUT2D eigenvalue weighted by Crippen LogP contribution is -2.25. The Bertz CT molecular complexity index is 910. The normalized spacial score (nSPS) is 14.2. The number of pyridine rings is 1. The van der Waals surface area contributed by atoms with E-state index in [1.807, 2.05) is 41.1 Å². The third-order valence-electron chi connectivity index (χ3n) is 4.62. The van der Waals surface area contributed by atoms with E-state index in [4.69, 9.17) is 4.98 Å². The van der Waals surface area contributed by atoms with Crippen LogP contribution >= 0.6 is 0 Å². The molecule has 1 amide bonds. The maximum absolute atomic E-state index is 12.8. The van der Waals surface area contributed by atoms with Crippen molar-refractivity contribution in [3.8, 4) is 11.3 Å². The van der Waals surface area contributed by atoms with Crippen molar-refractivity contribution in [3.63, 3.8) is 0 Å². The summed E-state index contributed by atoms with van der Waals surface area (Å²) in [5, 5.41) is 8.33. The van der Waals surface area contributed by atoms with Crippen LogP contribution < -0.4 is 5.32 Å². The molecule has 0 unspecified atom stereocenters. The van der Waals surface area contributed by atoms with Crippen LogP contribution in [0.5, 0.6) is 0 Å². The minimum absolute atomic E-state index is 0.0419. The highest BCUT2D eigenvalue weighted by molar-refractivity contribution is 6.06. The van der Waals surface area contributed by atoms with Gasteiger partial charge in [0.1, 0.15) is 0 Å². The van der Waals surface area contributed by atoms with E-state index in [0.717, 1.165) is 28.8 Å². The Hall–Kier alpha value is -2.69. The molecule has 1 aromatic carbocycles. The van der Waals surface area contributed by atoms with Crippen LogP contribution in [0.3, 0.4) is 0 Å². The summed E-state index contributed by atoms with van der Waals surface area (Å²) in [4.78, 5) is 17.6. The Labute approximate surface area is 147 Å². The van der Waals surface area contributed by atoms with Crippen molar-refractivity contribution in [1.82, 2.24) is 20.1 Å². The molecule has 1 aliphatic rings. The molecule has 1 fully saturated rings. The summed E-state index contributed by atoms with van der Waals surface area (Å²) in [6.07, 6.45) is 4.18. The maximum Gasteiger partial charge on any atom is 0.252 e. The topological polar surface area (TPSA) is 59.8 Å². The lowest BCUT2D eigenvalue weighted by molar-refractivity contribution is 0.0953. The van der Waals surface area contributed by atoms with E-state index in [-0.39, 0.29) is 11.9 Å². The summed E-state index contributed by atoms with van der Waals surface area (Å²) in [6, 6.07) is 12.0. The number of benzene rings is 1. The molecule has 3 aromatic rings. The molecule has 0 atom stereocenters. The van der Waals surface area contributed by atoms with Gasteiger partial charge in [-0.25, -0.2) is 9.67 Å². The zero-order valence-corrected chi connectivity index (χ0v) is 14.6. The molecule has 4 rings (SSSR count). The number of hydrogen-bond donors (Lipinski definition) is 1. The fourth-order valence-corrected chi connectivity index (χ4v) is 2.99. The average Bonchev–Trinajstić information content (AvgIpc) is 3.36. The van der Waals surface area contributed by atoms with Gasteiger partial charge in [0.25, 0.3) is 5.91 Å². The zero-order valence-electron chi connectivity index (χ0n) is 14.6. The molecule has 2 heterocycles. The predicted molar refractivity (Wildman–Crippen MR) is 98.4 cm³/mol. The number of nitrogens with one attached hydrogen (secondary N) is 1. The Morgan fingerprint density at radius 2 is 2.04 bits per heavy atom. The van der Waals surface area contributed by atoms with Crippen LogP contribution in [0.15, 0.2) is 42.6 Å². The van der Waals surface area contributed by atoms with Gasteiger partial charge >= 0.3 is 0 Å². The third kappa shape index (κ3) is 3.14. The van der Waals surface area contributed by atoms with Gasteiger partial charge in [-0.3, -0.25) is 4.79 Å². The van der Waals surface area contributed by atoms with Crippen LogP contribution in [0, 0.1) is 5.92 Å². The summed E-state index contributed by atoms with van der Waals surface area (Å²) in [5.41, 5.74) is 3.20. The lowest BCUT2D eigenvalue weighted by atomic mass is 10.1. The molecule has 0 spiro atoms. The van der Waals surface area contributed by atoms with Crippen molar-refractivity contribution >= 4 is 16.9 Å². The number of amides is 1. The number of fused-ring (bicyclic) bond motifs is 1. The highest BCUT2D eigenvalue weighted by Gasteiger charge is 2.23. The molecule has 2 aromatic heterocycles. The fourth-order valence-electron chi connectivity index (χ4n) is 2.99. The highest BCUT2D eigenvalue weighted by atomic mass is 16.1. The highest BCUT2D eigenvalue weighted by Crippen LogP contribution is 2.29. The summed E-state index contributed by atoms with van der Waals surface area (Å²) >= 11 is 0. The van der Waals surface area contributed by atoms with Crippen molar-refractivity contribution < 1.29 is 4.79 Å². The van der Waals surface area contributed by atoms with Gasteiger partial charge < -0.3 is 5.32 Å². The first-order valence-electron chi connectivity index (χ1n) is 8.85. The minimum Gasteiger partial charge on any atom is -0.352 e. The second kappa shape index (κ2) is 6.31.